The van der Waals surface area contributed by atoms with Crippen molar-refractivity contribution in [2.45, 2.75) is 13.0 Å². The van der Waals surface area contributed by atoms with Crippen LogP contribution in [0.1, 0.15) is 6.42 Å². The van der Waals surface area contributed by atoms with E-state index in [9.17, 15) is 4.79 Å². The number of thioether (sulfide) groups is 1. The summed E-state index contributed by atoms with van der Waals surface area (Å²) in [5.74, 6) is 3.48. The molecule has 0 fully saturated rings. The van der Waals surface area contributed by atoms with Crippen LogP contribution in [-0.2, 0) is 6.54 Å². The van der Waals surface area contributed by atoms with Gasteiger partial charge in [-0.3, -0.25) is 4.79 Å². The highest BCUT2D eigenvalue weighted by Gasteiger charge is 2.07. The lowest BCUT2D eigenvalue weighted by molar-refractivity contribution is 0.659. The van der Waals surface area contributed by atoms with Crippen molar-refractivity contribution in [1.29, 1.82) is 0 Å². The first-order chi connectivity index (χ1) is 8.20. The van der Waals surface area contributed by atoms with Gasteiger partial charge in [0.15, 0.2) is 0 Å². The molecular weight excluding hydrogens is 302 g/mol. The van der Waals surface area contributed by atoms with Gasteiger partial charge in [0.25, 0.3) is 5.56 Å². The molecule has 1 aromatic rings. The first-order valence-electron chi connectivity index (χ1n) is 5.12. The van der Waals surface area contributed by atoms with Crippen LogP contribution in [0.2, 0.25) is 0 Å². The number of aromatic nitrogens is 2. The molecule has 0 atom stereocenters. The van der Waals surface area contributed by atoms with E-state index >= 15 is 0 Å². The van der Waals surface area contributed by atoms with Gasteiger partial charge in [0.1, 0.15) is 11.0 Å². The molecule has 0 unspecified atom stereocenters. The highest BCUT2D eigenvalue weighted by Crippen LogP contribution is 2.15. The molecule has 17 heavy (non-hydrogen) atoms. The molecule has 0 aliphatic rings. The molecule has 1 heterocycles. The zero-order chi connectivity index (χ0) is 12.7. The Hall–Kier alpha value is -0.930. The van der Waals surface area contributed by atoms with Crippen LogP contribution in [0.4, 0.5) is 5.69 Å². The lowest BCUT2D eigenvalue weighted by Crippen LogP contribution is -2.24. The molecule has 0 saturated carbocycles. The minimum atomic E-state index is -0.210. The van der Waals surface area contributed by atoms with E-state index in [1.165, 1.54) is 4.68 Å². The molecule has 0 aliphatic heterocycles. The van der Waals surface area contributed by atoms with Gasteiger partial charge in [0.05, 0.1) is 11.9 Å². The van der Waals surface area contributed by atoms with Gasteiger partial charge in [-0.15, -0.1) is 6.42 Å². The second kappa shape index (κ2) is 7.41. The summed E-state index contributed by atoms with van der Waals surface area (Å²) in [5.41, 5.74) is 0.502. The number of nitrogens with zero attached hydrogens (tertiary/aromatic N) is 2. The molecule has 0 aromatic carbocycles. The summed E-state index contributed by atoms with van der Waals surface area (Å²) >= 11 is 5.06. The average Bonchev–Trinajstić information content (AvgIpc) is 2.33. The minimum absolute atomic E-state index is 0.185. The second-order valence-electron chi connectivity index (χ2n) is 3.31. The number of hydrogen-bond donors (Lipinski definition) is 1. The van der Waals surface area contributed by atoms with Crippen molar-refractivity contribution >= 4 is 33.4 Å². The summed E-state index contributed by atoms with van der Waals surface area (Å²) in [4.78, 5) is 11.8. The van der Waals surface area contributed by atoms with E-state index in [0.717, 1.165) is 18.7 Å². The molecule has 1 aromatic heterocycles. The summed E-state index contributed by atoms with van der Waals surface area (Å²) in [5, 5.41) is 7.16. The number of hydrogen-bond acceptors (Lipinski definition) is 4. The van der Waals surface area contributed by atoms with Crippen molar-refractivity contribution in [1.82, 2.24) is 9.78 Å². The quantitative estimate of drug-likeness (QED) is 0.642. The highest BCUT2D eigenvalue weighted by atomic mass is 79.9. The third-order valence-electron chi connectivity index (χ3n) is 2.07. The topological polar surface area (TPSA) is 46.9 Å². The van der Waals surface area contributed by atoms with E-state index in [-0.39, 0.29) is 12.1 Å². The maximum atomic E-state index is 11.8. The first-order valence-corrected chi connectivity index (χ1v) is 7.31. The predicted molar refractivity (Wildman–Crippen MR) is 76.5 cm³/mol. The summed E-state index contributed by atoms with van der Waals surface area (Å²) in [7, 11) is 0. The average molecular weight is 316 g/mol. The Balaban J connectivity index is 2.72. The van der Waals surface area contributed by atoms with Crippen LogP contribution in [-0.4, -0.2) is 28.3 Å². The van der Waals surface area contributed by atoms with Crippen molar-refractivity contribution in [2.24, 2.45) is 0 Å². The van der Waals surface area contributed by atoms with E-state index in [2.05, 4.69) is 38.5 Å². The second-order valence-corrected chi connectivity index (χ2v) is 5.09. The lowest BCUT2D eigenvalue weighted by Gasteiger charge is -2.08. The van der Waals surface area contributed by atoms with Crippen LogP contribution in [0.15, 0.2) is 15.5 Å². The lowest BCUT2D eigenvalue weighted by atomic mass is 10.4. The van der Waals surface area contributed by atoms with E-state index < -0.39 is 0 Å². The Morgan fingerprint density at radius 2 is 2.47 bits per heavy atom. The molecule has 0 aliphatic carbocycles. The smallest absolute Gasteiger partial charge is 0.284 e. The Bertz CT molecular complexity index is 467. The van der Waals surface area contributed by atoms with Crippen LogP contribution in [0, 0.1) is 12.3 Å². The Morgan fingerprint density at radius 3 is 3.12 bits per heavy atom. The molecule has 6 heteroatoms. The fraction of sp³-hybridized carbons (Fsp3) is 0.455. The molecule has 0 saturated heterocycles. The van der Waals surface area contributed by atoms with Crippen LogP contribution in [0.3, 0.4) is 0 Å². The predicted octanol–water partition coefficient (Wildman–Crippen LogP) is 1.80. The summed E-state index contributed by atoms with van der Waals surface area (Å²) in [6.07, 6.45) is 9.87. The van der Waals surface area contributed by atoms with Gasteiger partial charge in [-0.1, -0.05) is 5.92 Å². The van der Waals surface area contributed by atoms with E-state index in [4.69, 9.17) is 6.42 Å². The van der Waals surface area contributed by atoms with E-state index in [1.807, 2.05) is 0 Å². The summed E-state index contributed by atoms with van der Waals surface area (Å²) in [6, 6.07) is 0. The molecular formula is C11H14BrN3OS. The maximum absolute atomic E-state index is 11.8. The Morgan fingerprint density at radius 1 is 1.71 bits per heavy atom. The van der Waals surface area contributed by atoms with Gasteiger partial charge in [0.2, 0.25) is 0 Å². The van der Waals surface area contributed by atoms with Crippen molar-refractivity contribution in [3.63, 3.8) is 0 Å². The summed E-state index contributed by atoms with van der Waals surface area (Å²) in [6.45, 7) is 1.00. The zero-order valence-electron chi connectivity index (χ0n) is 9.57. The van der Waals surface area contributed by atoms with Gasteiger partial charge >= 0.3 is 0 Å². The minimum Gasteiger partial charge on any atom is -0.383 e. The molecule has 1 rings (SSSR count). The van der Waals surface area contributed by atoms with E-state index in [0.29, 0.717) is 10.2 Å². The molecule has 4 nitrogen and oxygen atoms in total. The first kappa shape index (κ1) is 14.1. The van der Waals surface area contributed by atoms with Crippen molar-refractivity contribution in [3.8, 4) is 12.3 Å². The fourth-order valence-electron chi connectivity index (χ4n) is 1.23. The Kier molecular flexibility index (Phi) is 6.16. The number of nitrogens with one attached hydrogen (secondary N) is 1. The molecule has 92 valence electrons. The normalized spacial score (nSPS) is 9.94. The molecule has 0 radical (unpaired) electrons. The number of rotatable bonds is 6. The fourth-order valence-corrected chi connectivity index (χ4v) is 2.11. The van der Waals surface area contributed by atoms with Crippen LogP contribution in [0.5, 0.6) is 0 Å². The van der Waals surface area contributed by atoms with Crippen molar-refractivity contribution in [3.05, 3.63) is 21.0 Å². The zero-order valence-corrected chi connectivity index (χ0v) is 12.0. The van der Waals surface area contributed by atoms with Crippen LogP contribution >= 0.6 is 27.7 Å². The van der Waals surface area contributed by atoms with Crippen LogP contribution < -0.4 is 10.9 Å². The molecule has 0 spiro atoms. The monoisotopic (exact) mass is 315 g/mol. The number of anilines is 1. The van der Waals surface area contributed by atoms with Crippen LogP contribution in [0.25, 0.3) is 0 Å². The molecule has 0 amide bonds. The standard InChI is InChI=1S/C11H14BrN3OS/c1-3-6-15-11(16)10(12)9(8-14-15)13-5-4-7-17-2/h1,8,13H,4-7H2,2H3. The number of halogens is 1. The van der Waals surface area contributed by atoms with Crippen molar-refractivity contribution in [2.75, 3.05) is 23.9 Å². The van der Waals surface area contributed by atoms with Gasteiger partial charge in [-0.2, -0.15) is 16.9 Å². The van der Waals surface area contributed by atoms with Gasteiger partial charge in [0, 0.05) is 6.54 Å². The largest absolute Gasteiger partial charge is 0.383 e. The highest BCUT2D eigenvalue weighted by molar-refractivity contribution is 9.10. The van der Waals surface area contributed by atoms with E-state index in [1.54, 1.807) is 18.0 Å². The Labute approximate surface area is 113 Å². The van der Waals surface area contributed by atoms with Gasteiger partial charge in [-0.25, -0.2) is 4.68 Å². The maximum Gasteiger partial charge on any atom is 0.284 e. The molecule has 0 bridgehead atoms. The summed E-state index contributed by atoms with van der Waals surface area (Å²) < 4.78 is 1.73. The number of terminal acetylenes is 1. The third-order valence-corrected chi connectivity index (χ3v) is 3.53. The van der Waals surface area contributed by atoms with Gasteiger partial charge < -0.3 is 5.32 Å². The SMILES string of the molecule is C#CCn1ncc(NCCCSC)c(Br)c1=O. The van der Waals surface area contributed by atoms with Gasteiger partial charge in [-0.05, 0) is 34.4 Å². The van der Waals surface area contributed by atoms with Crippen molar-refractivity contribution < 1.29 is 0 Å². The molecule has 1 N–H and O–H groups in total. The third kappa shape index (κ3) is 4.10.